The average Bonchev–Trinajstić information content (AvgIpc) is 2.48. The fourth-order valence-corrected chi connectivity index (χ4v) is 2.12. The maximum Gasteiger partial charge on any atom is 0.323 e. The zero-order chi connectivity index (χ0) is 13.5. The summed E-state index contributed by atoms with van der Waals surface area (Å²) in [6.07, 6.45) is 4.74. The van der Waals surface area contributed by atoms with Crippen LogP contribution in [0.1, 0.15) is 25.7 Å². The van der Waals surface area contributed by atoms with Crippen molar-refractivity contribution in [1.29, 1.82) is 0 Å². The monoisotopic (exact) mass is 267 g/mol. The molecule has 0 spiro atoms. The molecule has 1 saturated heterocycles. The number of piperidine rings is 1. The van der Waals surface area contributed by atoms with Crippen molar-refractivity contribution >= 4 is 0 Å². The van der Waals surface area contributed by atoms with Gasteiger partial charge in [0.1, 0.15) is 0 Å². The molecule has 0 saturated carbocycles. The van der Waals surface area contributed by atoms with E-state index in [-0.39, 0.29) is 0 Å². The van der Waals surface area contributed by atoms with Crippen LogP contribution in [0.5, 0.6) is 17.8 Å². The summed E-state index contributed by atoms with van der Waals surface area (Å²) in [6.45, 7) is 1.70. The lowest BCUT2D eigenvalue weighted by Gasteiger charge is -2.23. The Labute approximate surface area is 113 Å². The van der Waals surface area contributed by atoms with Crippen LogP contribution in [-0.2, 0) is 0 Å². The number of aromatic nitrogens is 2. The van der Waals surface area contributed by atoms with Gasteiger partial charge in [-0.15, -0.1) is 0 Å². The maximum atomic E-state index is 5.57. The van der Waals surface area contributed by atoms with Crippen molar-refractivity contribution in [3.63, 3.8) is 0 Å². The van der Waals surface area contributed by atoms with Crippen molar-refractivity contribution in [1.82, 2.24) is 15.3 Å². The highest BCUT2D eigenvalue weighted by molar-refractivity contribution is 5.22. The van der Waals surface area contributed by atoms with Gasteiger partial charge in [-0.05, 0) is 25.8 Å². The summed E-state index contributed by atoms with van der Waals surface area (Å²) in [6, 6.07) is 2.46. The summed E-state index contributed by atoms with van der Waals surface area (Å²) in [5.74, 6) is 0.885. The summed E-state index contributed by atoms with van der Waals surface area (Å²) in [5, 5.41) is 3.48. The fourth-order valence-electron chi connectivity index (χ4n) is 2.12. The smallest absolute Gasteiger partial charge is 0.323 e. The van der Waals surface area contributed by atoms with E-state index in [0.29, 0.717) is 30.4 Å². The molecular formula is C13H21N3O3. The summed E-state index contributed by atoms with van der Waals surface area (Å²) in [7, 11) is 3.11. The van der Waals surface area contributed by atoms with Gasteiger partial charge in [-0.3, -0.25) is 0 Å². The molecule has 6 heteroatoms. The van der Waals surface area contributed by atoms with Gasteiger partial charge < -0.3 is 19.5 Å². The largest absolute Gasteiger partial charge is 0.481 e. The Morgan fingerprint density at radius 3 is 2.53 bits per heavy atom. The van der Waals surface area contributed by atoms with E-state index in [2.05, 4.69) is 15.3 Å². The SMILES string of the molecule is COc1cc(OC)nc(OCCC2CCCCN2)n1. The van der Waals surface area contributed by atoms with Crippen molar-refractivity contribution in [3.05, 3.63) is 6.07 Å². The second kappa shape index (κ2) is 7.13. The summed E-state index contributed by atoms with van der Waals surface area (Å²) >= 11 is 0. The fraction of sp³-hybridized carbons (Fsp3) is 0.692. The molecule has 0 aromatic carbocycles. The van der Waals surface area contributed by atoms with Gasteiger partial charge in [0, 0.05) is 6.04 Å². The highest BCUT2D eigenvalue weighted by Crippen LogP contribution is 2.19. The van der Waals surface area contributed by atoms with Gasteiger partial charge >= 0.3 is 6.01 Å². The molecule has 2 rings (SSSR count). The van der Waals surface area contributed by atoms with Crippen LogP contribution >= 0.6 is 0 Å². The lowest BCUT2D eigenvalue weighted by atomic mass is 10.0. The molecule has 2 heterocycles. The highest BCUT2D eigenvalue weighted by Gasteiger charge is 2.13. The standard InChI is InChI=1S/C13H21N3O3/c1-17-11-9-12(18-2)16-13(15-11)19-8-6-10-5-3-4-7-14-10/h9-10,14H,3-8H2,1-2H3. The average molecular weight is 267 g/mol. The topological polar surface area (TPSA) is 65.5 Å². The second-order valence-electron chi connectivity index (χ2n) is 4.52. The maximum absolute atomic E-state index is 5.57. The van der Waals surface area contributed by atoms with Crippen molar-refractivity contribution < 1.29 is 14.2 Å². The number of methoxy groups -OCH3 is 2. The van der Waals surface area contributed by atoms with Gasteiger partial charge in [0.2, 0.25) is 11.8 Å². The molecule has 1 unspecified atom stereocenters. The van der Waals surface area contributed by atoms with Gasteiger partial charge in [-0.2, -0.15) is 9.97 Å². The Morgan fingerprint density at radius 2 is 1.95 bits per heavy atom. The Kier molecular flexibility index (Phi) is 5.20. The van der Waals surface area contributed by atoms with E-state index < -0.39 is 0 Å². The Balaban J connectivity index is 1.84. The number of hydrogen-bond donors (Lipinski definition) is 1. The van der Waals surface area contributed by atoms with Gasteiger partial charge in [-0.25, -0.2) is 0 Å². The molecule has 0 aliphatic carbocycles. The molecular weight excluding hydrogens is 246 g/mol. The van der Waals surface area contributed by atoms with E-state index in [1.807, 2.05) is 0 Å². The summed E-state index contributed by atoms with van der Waals surface area (Å²) in [4.78, 5) is 8.25. The Morgan fingerprint density at radius 1 is 1.21 bits per heavy atom. The van der Waals surface area contributed by atoms with Gasteiger partial charge in [-0.1, -0.05) is 6.42 Å². The van der Waals surface area contributed by atoms with E-state index in [9.17, 15) is 0 Å². The molecule has 1 aromatic rings. The van der Waals surface area contributed by atoms with Crippen LogP contribution in [-0.4, -0.2) is 43.4 Å². The minimum absolute atomic E-state index is 0.298. The molecule has 1 fully saturated rings. The summed E-state index contributed by atoms with van der Waals surface area (Å²) < 4.78 is 15.7. The van der Waals surface area contributed by atoms with Crippen LogP contribution in [0.3, 0.4) is 0 Å². The Bertz CT molecular complexity index is 372. The van der Waals surface area contributed by atoms with Crippen LogP contribution in [0.15, 0.2) is 6.07 Å². The van der Waals surface area contributed by atoms with E-state index in [1.54, 1.807) is 20.3 Å². The minimum atomic E-state index is 0.298. The third kappa shape index (κ3) is 4.24. The molecule has 6 nitrogen and oxygen atoms in total. The highest BCUT2D eigenvalue weighted by atomic mass is 16.5. The van der Waals surface area contributed by atoms with Crippen molar-refractivity contribution in [3.8, 4) is 17.8 Å². The van der Waals surface area contributed by atoms with Gasteiger partial charge in [0.25, 0.3) is 0 Å². The van der Waals surface area contributed by atoms with E-state index in [0.717, 1.165) is 13.0 Å². The predicted molar refractivity (Wildman–Crippen MR) is 70.9 cm³/mol. The van der Waals surface area contributed by atoms with Crippen LogP contribution in [0, 0.1) is 0 Å². The molecule has 0 radical (unpaired) electrons. The first-order valence-electron chi connectivity index (χ1n) is 6.65. The van der Waals surface area contributed by atoms with E-state index in [4.69, 9.17) is 14.2 Å². The number of rotatable bonds is 6. The molecule has 1 N–H and O–H groups in total. The lowest BCUT2D eigenvalue weighted by molar-refractivity contribution is 0.244. The molecule has 106 valence electrons. The van der Waals surface area contributed by atoms with Crippen LogP contribution in [0.2, 0.25) is 0 Å². The third-order valence-corrected chi connectivity index (χ3v) is 3.19. The number of ether oxygens (including phenoxy) is 3. The molecule has 19 heavy (non-hydrogen) atoms. The molecule has 1 atom stereocenters. The van der Waals surface area contributed by atoms with Crippen LogP contribution in [0.25, 0.3) is 0 Å². The van der Waals surface area contributed by atoms with Crippen molar-refractivity contribution in [2.45, 2.75) is 31.7 Å². The number of nitrogens with one attached hydrogen (secondary N) is 1. The lowest BCUT2D eigenvalue weighted by Crippen LogP contribution is -2.35. The molecule has 1 aliphatic rings. The van der Waals surface area contributed by atoms with Crippen LogP contribution < -0.4 is 19.5 Å². The minimum Gasteiger partial charge on any atom is -0.481 e. The molecule has 0 bridgehead atoms. The van der Waals surface area contributed by atoms with E-state index >= 15 is 0 Å². The zero-order valence-electron chi connectivity index (χ0n) is 11.5. The summed E-state index contributed by atoms with van der Waals surface area (Å²) in [5.41, 5.74) is 0. The normalized spacial score (nSPS) is 18.9. The van der Waals surface area contributed by atoms with Crippen LogP contribution in [0.4, 0.5) is 0 Å². The molecule has 1 aromatic heterocycles. The molecule has 1 aliphatic heterocycles. The number of nitrogens with zero attached hydrogens (tertiary/aromatic N) is 2. The molecule has 0 amide bonds. The Hall–Kier alpha value is -1.56. The third-order valence-electron chi connectivity index (χ3n) is 3.19. The van der Waals surface area contributed by atoms with Crippen molar-refractivity contribution in [2.24, 2.45) is 0 Å². The quantitative estimate of drug-likeness (QED) is 0.840. The first-order valence-corrected chi connectivity index (χ1v) is 6.65. The predicted octanol–water partition coefficient (Wildman–Crippen LogP) is 1.40. The number of hydrogen-bond acceptors (Lipinski definition) is 6. The second-order valence-corrected chi connectivity index (χ2v) is 4.52. The van der Waals surface area contributed by atoms with Gasteiger partial charge in [0.05, 0.1) is 26.9 Å². The van der Waals surface area contributed by atoms with Gasteiger partial charge in [0.15, 0.2) is 0 Å². The van der Waals surface area contributed by atoms with Crippen molar-refractivity contribution in [2.75, 3.05) is 27.4 Å². The first-order chi connectivity index (χ1) is 9.31. The first kappa shape index (κ1) is 13.9. The zero-order valence-corrected chi connectivity index (χ0v) is 11.5. The van der Waals surface area contributed by atoms with E-state index in [1.165, 1.54) is 19.3 Å².